The fourth-order valence-electron chi connectivity index (χ4n) is 0.642. The van der Waals surface area contributed by atoms with E-state index in [1.54, 1.807) is 11.9 Å². The first-order valence-electron chi connectivity index (χ1n) is 3.95. The van der Waals surface area contributed by atoms with E-state index in [1.165, 1.54) is 6.92 Å². The highest BCUT2D eigenvalue weighted by Crippen LogP contribution is 1.97. The number of carbonyl (C=O) groups is 1. The summed E-state index contributed by atoms with van der Waals surface area (Å²) in [6.45, 7) is 9.73. The molecule has 0 aromatic carbocycles. The normalized spacial score (nSPS) is 11.2. The Balaban J connectivity index is 4.37. The van der Waals surface area contributed by atoms with Crippen LogP contribution >= 0.6 is 0 Å². The second kappa shape index (κ2) is 4.70. The lowest BCUT2D eigenvalue weighted by atomic mass is 10.1. The third kappa shape index (κ3) is 3.32. The maximum atomic E-state index is 10.9. The first-order chi connectivity index (χ1) is 5.49. The van der Waals surface area contributed by atoms with Crippen LogP contribution in [0.4, 0.5) is 0 Å². The van der Waals surface area contributed by atoms with E-state index in [-0.39, 0.29) is 5.78 Å². The van der Waals surface area contributed by atoms with Gasteiger partial charge in [-0.05, 0) is 20.8 Å². The second-order valence-corrected chi connectivity index (χ2v) is 2.69. The highest BCUT2D eigenvalue weighted by molar-refractivity contribution is 6.20. The first kappa shape index (κ1) is 10.9. The molecule has 0 N–H and O–H groups in total. The standard InChI is InChI=1S/C9H16N2O/c1-6-11(5)10-8(3)7(2)9(4)12/h2,6H2,1,3-5H3/b10-8-. The van der Waals surface area contributed by atoms with Crippen LogP contribution in [-0.2, 0) is 4.79 Å². The van der Waals surface area contributed by atoms with E-state index < -0.39 is 0 Å². The van der Waals surface area contributed by atoms with Crippen LogP contribution in [0, 0.1) is 0 Å². The molecular formula is C9H16N2O. The van der Waals surface area contributed by atoms with Crippen LogP contribution in [0.1, 0.15) is 20.8 Å². The van der Waals surface area contributed by atoms with Gasteiger partial charge in [-0.1, -0.05) is 6.58 Å². The molecule has 0 amide bonds. The van der Waals surface area contributed by atoms with Crippen molar-refractivity contribution in [2.45, 2.75) is 20.8 Å². The summed E-state index contributed by atoms with van der Waals surface area (Å²) >= 11 is 0. The largest absolute Gasteiger partial charge is 0.300 e. The molecule has 0 radical (unpaired) electrons. The lowest BCUT2D eigenvalue weighted by molar-refractivity contribution is -0.113. The van der Waals surface area contributed by atoms with E-state index in [4.69, 9.17) is 0 Å². The minimum Gasteiger partial charge on any atom is -0.300 e. The number of carbonyl (C=O) groups excluding carboxylic acids is 1. The van der Waals surface area contributed by atoms with Crippen molar-refractivity contribution >= 4 is 11.5 Å². The number of hydrogen-bond acceptors (Lipinski definition) is 3. The molecule has 0 bridgehead atoms. The van der Waals surface area contributed by atoms with Crippen LogP contribution in [0.2, 0.25) is 0 Å². The topological polar surface area (TPSA) is 32.7 Å². The molecule has 68 valence electrons. The van der Waals surface area contributed by atoms with E-state index in [1.807, 2.05) is 14.0 Å². The summed E-state index contributed by atoms with van der Waals surface area (Å²) in [6.07, 6.45) is 0. The van der Waals surface area contributed by atoms with Crippen molar-refractivity contribution in [3.8, 4) is 0 Å². The molecule has 0 saturated carbocycles. The molecule has 0 rings (SSSR count). The SMILES string of the molecule is C=C(C(C)=O)/C(C)=N\N(C)CC. The van der Waals surface area contributed by atoms with Crippen LogP contribution in [0.25, 0.3) is 0 Å². The van der Waals surface area contributed by atoms with Crippen LogP contribution in [0.15, 0.2) is 17.3 Å². The summed E-state index contributed by atoms with van der Waals surface area (Å²) in [6, 6.07) is 0. The van der Waals surface area contributed by atoms with E-state index >= 15 is 0 Å². The highest BCUT2D eigenvalue weighted by Gasteiger charge is 2.04. The minimum atomic E-state index is -0.0271. The molecule has 0 aromatic heterocycles. The summed E-state index contributed by atoms with van der Waals surface area (Å²) in [7, 11) is 1.86. The fraction of sp³-hybridized carbons (Fsp3) is 0.556. The van der Waals surface area contributed by atoms with Gasteiger partial charge in [0.25, 0.3) is 0 Å². The Morgan fingerprint density at radius 3 is 2.33 bits per heavy atom. The number of ketones is 1. The summed E-state index contributed by atoms with van der Waals surface area (Å²) in [4.78, 5) is 10.9. The Kier molecular flexibility index (Phi) is 4.26. The summed E-state index contributed by atoms with van der Waals surface area (Å²) in [5, 5.41) is 5.91. The quantitative estimate of drug-likeness (QED) is 0.361. The van der Waals surface area contributed by atoms with Gasteiger partial charge in [0.2, 0.25) is 0 Å². The van der Waals surface area contributed by atoms with Crippen molar-refractivity contribution in [2.24, 2.45) is 5.10 Å². The number of rotatable bonds is 4. The van der Waals surface area contributed by atoms with Crippen LogP contribution in [0.3, 0.4) is 0 Å². The number of hydrazone groups is 1. The lowest BCUT2D eigenvalue weighted by Gasteiger charge is -2.11. The lowest BCUT2D eigenvalue weighted by Crippen LogP contribution is -2.15. The fourth-order valence-corrected chi connectivity index (χ4v) is 0.642. The number of allylic oxidation sites excluding steroid dienone is 1. The molecule has 0 atom stereocenters. The molecule has 0 spiro atoms. The Bertz CT molecular complexity index is 219. The predicted molar refractivity (Wildman–Crippen MR) is 51.2 cm³/mol. The Morgan fingerprint density at radius 2 is 2.00 bits per heavy atom. The maximum Gasteiger partial charge on any atom is 0.161 e. The van der Waals surface area contributed by atoms with Crippen molar-refractivity contribution < 1.29 is 4.79 Å². The predicted octanol–water partition coefficient (Wildman–Crippen LogP) is 1.46. The third-order valence-corrected chi connectivity index (χ3v) is 1.64. The monoisotopic (exact) mass is 168 g/mol. The number of nitrogens with zero attached hydrogens (tertiary/aromatic N) is 2. The Hall–Kier alpha value is -1.12. The minimum absolute atomic E-state index is 0.0271. The summed E-state index contributed by atoms with van der Waals surface area (Å²) < 4.78 is 0. The maximum absolute atomic E-state index is 10.9. The zero-order chi connectivity index (χ0) is 9.72. The molecule has 0 saturated heterocycles. The van der Waals surface area contributed by atoms with Crippen molar-refractivity contribution in [3.05, 3.63) is 12.2 Å². The molecule has 0 unspecified atom stereocenters. The van der Waals surface area contributed by atoms with Crippen LogP contribution < -0.4 is 0 Å². The third-order valence-electron chi connectivity index (χ3n) is 1.64. The molecule has 0 aliphatic rings. The van der Waals surface area contributed by atoms with Crippen molar-refractivity contribution in [2.75, 3.05) is 13.6 Å². The second-order valence-electron chi connectivity index (χ2n) is 2.69. The molecular weight excluding hydrogens is 152 g/mol. The first-order valence-corrected chi connectivity index (χ1v) is 3.95. The number of Topliss-reactive ketones (excluding diaryl/α,β-unsaturated/α-hetero) is 1. The van der Waals surface area contributed by atoms with Gasteiger partial charge >= 0.3 is 0 Å². The molecule has 12 heavy (non-hydrogen) atoms. The molecule has 0 aliphatic heterocycles. The molecule has 0 aliphatic carbocycles. The van der Waals surface area contributed by atoms with E-state index in [9.17, 15) is 4.79 Å². The van der Waals surface area contributed by atoms with Gasteiger partial charge in [-0.15, -0.1) is 0 Å². The smallest absolute Gasteiger partial charge is 0.161 e. The van der Waals surface area contributed by atoms with Crippen LogP contribution in [-0.4, -0.2) is 30.1 Å². The van der Waals surface area contributed by atoms with Gasteiger partial charge in [0.05, 0.1) is 5.71 Å². The van der Waals surface area contributed by atoms with Gasteiger partial charge < -0.3 is 5.01 Å². The molecule has 3 nitrogen and oxygen atoms in total. The zero-order valence-corrected chi connectivity index (χ0v) is 8.22. The highest BCUT2D eigenvalue weighted by atomic mass is 16.1. The van der Waals surface area contributed by atoms with E-state index in [0.29, 0.717) is 11.3 Å². The Morgan fingerprint density at radius 1 is 1.50 bits per heavy atom. The zero-order valence-electron chi connectivity index (χ0n) is 8.22. The van der Waals surface area contributed by atoms with Gasteiger partial charge in [-0.3, -0.25) is 4.79 Å². The van der Waals surface area contributed by atoms with Gasteiger partial charge in [-0.2, -0.15) is 5.10 Å². The average molecular weight is 168 g/mol. The summed E-state index contributed by atoms with van der Waals surface area (Å²) in [5.74, 6) is -0.0271. The van der Waals surface area contributed by atoms with Gasteiger partial charge in [-0.25, -0.2) is 0 Å². The Labute approximate surface area is 73.8 Å². The summed E-state index contributed by atoms with van der Waals surface area (Å²) in [5.41, 5.74) is 1.17. The molecule has 3 heteroatoms. The van der Waals surface area contributed by atoms with Gasteiger partial charge in [0.1, 0.15) is 0 Å². The average Bonchev–Trinajstić information content (AvgIpc) is 2.02. The van der Waals surface area contributed by atoms with Crippen LogP contribution in [0.5, 0.6) is 0 Å². The molecule has 0 aromatic rings. The van der Waals surface area contributed by atoms with Crippen molar-refractivity contribution in [3.63, 3.8) is 0 Å². The van der Waals surface area contributed by atoms with Gasteiger partial charge in [0.15, 0.2) is 5.78 Å². The van der Waals surface area contributed by atoms with Gasteiger partial charge in [0, 0.05) is 19.2 Å². The van der Waals surface area contributed by atoms with E-state index in [0.717, 1.165) is 6.54 Å². The van der Waals surface area contributed by atoms with Crippen molar-refractivity contribution in [1.29, 1.82) is 0 Å². The number of hydrogen-bond donors (Lipinski definition) is 0. The van der Waals surface area contributed by atoms with E-state index in [2.05, 4.69) is 11.7 Å². The van der Waals surface area contributed by atoms with Crippen molar-refractivity contribution in [1.82, 2.24) is 5.01 Å². The molecule has 0 fully saturated rings. The molecule has 0 heterocycles.